The smallest absolute Gasteiger partial charge is 0.282 e. The van der Waals surface area contributed by atoms with Crippen LogP contribution in [0.4, 0.5) is 11.4 Å². The number of imide groups is 1. The molecule has 0 unspecified atom stereocenters. The van der Waals surface area contributed by atoms with Gasteiger partial charge in [0.25, 0.3) is 23.2 Å². The number of amides is 2. The zero-order valence-corrected chi connectivity index (χ0v) is 17.4. The molecule has 0 fully saturated rings. The summed E-state index contributed by atoms with van der Waals surface area (Å²) in [6.45, 7) is 1.71. The molecule has 2 aromatic rings. The predicted octanol–water partition coefficient (Wildman–Crippen LogP) is 2.50. The van der Waals surface area contributed by atoms with Crippen LogP contribution in [0.3, 0.4) is 0 Å². The van der Waals surface area contributed by atoms with Gasteiger partial charge < -0.3 is 11.1 Å². The van der Waals surface area contributed by atoms with Crippen LogP contribution < -0.4 is 11.1 Å². The Balaban J connectivity index is 2.30. The Morgan fingerprint density at radius 2 is 1.28 bits per heavy atom. The molecule has 0 saturated carbocycles. The van der Waals surface area contributed by atoms with E-state index in [1.165, 1.54) is 48.5 Å². The van der Waals surface area contributed by atoms with Crippen molar-refractivity contribution in [2.24, 2.45) is 5.73 Å². The van der Waals surface area contributed by atoms with Crippen molar-refractivity contribution < 1.29 is 19.4 Å². The number of nitro benzene ring substituents is 2. The number of rotatable bonds is 12. The van der Waals surface area contributed by atoms with Crippen molar-refractivity contribution in [3.63, 3.8) is 0 Å². The van der Waals surface area contributed by atoms with Crippen LogP contribution in [0.5, 0.6) is 0 Å². The van der Waals surface area contributed by atoms with E-state index in [0.717, 1.165) is 17.7 Å². The second kappa shape index (κ2) is 12.2. The first-order valence-corrected chi connectivity index (χ1v) is 10.1. The van der Waals surface area contributed by atoms with E-state index in [4.69, 9.17) is 5.73 Å². The molecule has 2 rings (SSSR count). The van der Waals surface area contributed by atoms with Crippen LogP contribution in [0.2, 0.25) is 0 Å². The van der Waals surface area contributed by atoms with Crippen molar-refractivity contribution in [1.82, 2.24) is 10.2 Å². The quantitative estimate of drug-likeness (QED) is 0.219. The summed E-state index contributed by atoms with van der Waals surface area (Å²) in [7, 11) is 0. The molecule has 0 spiro atoms. The lowest BCUT2D eigenvalue weighted by atomic mass is 10.1. The van der Waals surface area contributed by atoms with Crippen molar-refractivity contribution in [2.45, 2.75) is 19.3 Å². The summed E-state index contributed by atoms with van der Waals surface area (Å²) in [4.78, 5) is 48.5. The Hall–Kier alpha value is -3.70. The summed E-state index contributed by atoms with van der Waals surface area (Å²) in [6.07, 6.45) is 2.11. The van der Waals surface area contributed by atoms with Crippen molar-refractivity contribution >= 4 is 23.2 Å². The first-order valence-electron chi connectivity index (χ1n) is 10.1. The number of nitrogens with one attached hydrogen (secondary N) is 1. The van der Waals surface area contributed by atoms with Gasteiger partial charge >= 0.3 is 0 Å². The third-order valence-corrected chi connectivity index (χ3v) is 4.70. The summed E-state index contributed by atoms with van der Waals surface area (Å²) in [6, 6.07) is 10.6. The van der Waals surface area contributed by atoms with E-state index in [1.54, 1.807) is 0 Å². The van der Waals surface area contributed by atoms with Crippen LogP contribution in [-0.2, 0) is 0 Å². The number of benzene rings is 2. The second-order valence-electron chi connectivity index (χ2n) is 6.91. The molecule has 3 N–H and O–H groups in total. The highest BCUT2D eigenvalue weighted by Gasteiger charge is 2.32. The van der Waals surface area contributed by atoms with E-state index >= 15 is 0 Å². The van der Waals surface area contributed by atoms with Crippen LogP contribution in [0.25, 0.3) is 0 Å². The molecule has 170 valence electrons. The molecule has 11 nitrogen and oxygen atoms in total. The van der Waals surface area contributed by atoms with E-state index < -0.39 is 33.0 Å². The van der Waals surface area contributed by atoms with Gasteiger partial charge in [0.2, 0.25) is 0 Å². The minimum absolute atomic E-state index is 0.0698. The number of nitro groups is 2. The van der Waals surface area contributed by atoms with E-state index in [-0.39, 0.29) is 17.7 Å². The minimum atomic E-state index is -0.886. The lowest BCUT2D eigenvalue weighted by molar-refractivity contribution is -0.385. The fourth-order valence-corrected chi connectivity index (χ4v) is 3.10. The van der Waals surface area contributed by atoms with Gasteiger partial charge in [0, 0.05) is 18.7 Å². The van der Waals surface area contributed by atoms with Crippen LogP contribution in [0.15, 0.2) is 48.5 Å². The zero-order chi connectivity index (χ0) is 23.5. The number of hydrogen-bond acceptors (Lipinski definition) is 8. The monoisotopic (exact) mass is 443 g/mol. The van der Waals surface area contributed by atoms with Crippen LogP contribution in [-0.4, -0.2) is 52.7 Å². The van der Waals surface area contributed by atoms with Gasteiger partial charge in [0.15, 0.2) is 0 Å². The first kappa shape index (κ1) is 24.6. The lowest BCUT2D eigenvalue weighted by Gasteiger charge is -2.21. The summed E-state index contributed by atoms with van der Waals surface area (Å²) < 4.78 is 0. The number of nitrogens with zero attached hydrogens (tertiary/aromatic N) is 3. The van der Waals surface area contributed by atoms with Crippen LogP contribution in [0.1, 0.15) is 40.0 Å². The molecule has 2 aromatic carbocycles. The SMILES string of the molecule is NCCCCNCCCN(C(=O)c1ccccc1[N+](=O)[O-])C(=O)c1ccccc1[N+](=O)[O-]. The highest BCUT2D eigenvalue weighted by Crippen LogP contribution is 2.24. The number of nitrogens with two attached hydrogens (primary N) is 1. The normalized spacial score (nSPS) is 10.5. The number of hydrogen-bond donors (Lipinski definition) is 2. The summed E-state index contributed by atoms with van der Waals surface area (Å²) in [5.74, 6) is -1.77. The van der Waals surface area contributed by atoms with Crippen molar-refractivity contribution in [2.75, 3.05) is 26.2 Å². The molecule has 0 bridgehead atoms. The molecule has 0 radical (unpaired) electrons. The van der Waals surface area contributed by atoms with E-state index in [1.807, 2.05) is 0 Å². The Morgan fingerprint density at radius 3 is 1.75 bits per heavy atom. The molecule has 0 saturated heterocycles. The molecule has 0 atom stereocenters. The van der Waals surface area contributed by atoms with Gasteiger partial charge in [-0.05, 0) is 51.0 Å². The fraction of sp³-hybridized carbons (Fsp3) is 0.333. The maximum atomic E-state index is 13.2. The number of unbranched alkanes of at least 4 members (excludes halogenated alkanes) is 1. The Bertz CT molecular complexity index is 911. The number of carbonyl (C=O) groups is 2. The predicted molar refractivity (Wildman–Crippen MR) is 117 cm³/mol. The largest absolute Gasteiger partial charge is 0.330 e. The first-order chi connectivity index (χ1) is 15.4. The summed E-state index contributed by atoms with van der Waals surface area (Å²) >= 11 is 0. The zero-order valence-electron chi connectivity index (χ0n) is 17.4. The topological polar surface area (TPSA) is 162 Å². The molecular formula is C21H25N5O6. The van der Waals surface area contributed by atoms with E-state index in [0.29, 0.717) is 26.1 Å². The standard InChI is InChI=1S/C21H25N5O6/c22-12-5-6-13-23-14-7-15-24(20(27)16-8-1-3-10-18(16)25(29)30)21(28)17-9-2-4-11-19(17)26(31)32/h1-4,8-11,23H,5-7,12-15,22H2. The Morgan fingerprint density at radius 1 is 0.812 bits per heavy atom. The summed E-state index contributed by atoms with van der Waals surface area (Å²) in [5, 5.41) is 25.9. The Labute approximate surface area is 184 Å². The van der Waals surface area contributed by atoms with Crippen molar-refractivity contribution in [3.8, 4) is 0 Å². The van der Waals surface area contributed by atoms with Crippen LogP contribution >= 0.6 is 0 Å². The van der Waals surface area contributed by atoms with Crippen molar-refractivity contribution in [1.29, 1.82) is 0 Å². The van der Waals surface area contributed by atoms with Gasteiger partial charge in [0.1, 0.15) is 11.1 Å². The second-order valence-corrected chi connectivity index (χ2v) is 6.91. The molecule has 2 amide bonds. The minimum Gasteiger partial charge on any atom is -0.330 e. The molecule has 11 heteroatoms. The van der Waals surface area contributed by atoms with E-state index in [2.05, 4.69) is 5.32 Å². The maximum absolute atomic E-state index is 13.2. The molecular weight excluding hydrogens is 418 g/mol. The van der Waals surface area contributed by atoms with Crippen LogP contribution in [0, 0.1) is 20.2 Å². The molecule has 0 aliphatic heterocycles. The number of carbonyl (C=O) groups excluding carboxylic acids is 2. The van der Waals surface area contributed by atoms with Crippen molar-refractivity contribution in [3.05, 3.63) is 79.9 Å². The van der Waals surface area contributed by atoms with Gasteiger partial charge in [-0.25, -0.2) is 0 Å². The number of para-hydroxylation sites is 2. The molecule has 0 aliphatic carbocycles. The maximum Gasteiger partial charge on any atom is 0.282 e. The van der Waals surface area contributed by atoms with Gasteiger partial charge in [-0.15, -0.1) is 0 Å². The van der Waals surface area contributed by atoms with E-state index in [9.17, 15) is 29.8 Å². The average molecular weight is 443 g/mol. The third kappa shape index (κ3) is 6.40. The van der Waals surface area contributed by atoms with Gasteiger partial charge in [0.05, 0.1) is 9.85 Å². The molecule has 0 aromatic heterocycles. The highest BCUT2D eigenvalue weighted by atomic mass is 16.6. The molecule has 0 aliphatic rings. The molecule has 32 heavy (non-hydrogen) atoms. The molecule has 0 heterocycles. The average Bonchev–Trinajstić information content (AvgIpc) is 2.80. The third-order valence-electron chi connectivity index (χ3n) is 4.70. The highest BCUT2D eigenvalue weighted by molar-refractivity contribution is 6.13. The fourth-order valence-electron chi connectivity index (χ4n) is 3.10. The van der Waals surface area contributed by atoms with Gasteiger partial charge in [-0.2, -0.15) is 0 Å². The van der Waals surface area contributed by atoms with Gasteiger partial charge in [-0.1, -0.05) is 24.3 Å². The lowest BCUT2D eigenvalue weighted by Crippen LogP contribution is -2.39. The Kier molecular flexibility index (Phi) is 9.39. The summed E-state index contributed by atoms with van der Waals surface area (Å²) in [5.41, 5.74) is 4.03. The van der Waals surface area contributed by atoms with Gasteiger partial charge in [-0.3, -0.25) is 34.7 Å².